The van der Waals surface area contributed by atoms with Gasteiger partial charge in [-0.25, -0.2) is 4.98 Å². The summed E-state index contributed by atoms with van der Waals surface area (Å²) in [6, 6.07) is 11.3. The highest BCUT2D eigenvalue weighted by atomic mass is 35.5. The van der Waals surface area contributed by atoms with Crippen LogP contribution in [0, 0.1) is 0 Å². The molecule has 1 aromatic carbocycles. The Balaban J connectivity index is 1.45. The maximum Gasteiger partial charge on any atom is 0.249 e. The zero-order valence-corrected chi connectivity index (χ0v) is 16.2. The summed E-state index contributed by atoms with van der Waals surface area (Å²) in [5, 5.41) is 11.9. The maximum absolute atomic E-state index is 6.09. The first-order valence-corrected chi connectivity index (χ1v) is 9.32. The van der Waals surface area contributed by atoms with E-state index in [4.69, 9.17) is 16.3 Å². The minimum absolute atomic E-state index is 0.394. The van der Waals surface area contributed by atoms with Crippen molar-refractivity contribution < 1.29 is 4.74 Å². The first-order chi connectivity index (χ1) is 13.7. The van der Waals surface area contributed by atoms with Crippen molar-refractivity contribution in [2.24, 2.45) is 0 Å². The molecule has 8 nitrogen and oxygen atoms in total. The lowest BCUT2D eigenvalue weighted by atomic mass is 10.3. The van der Waals surface area contributed by atoms with Crippen LogP contribution in [0.15, 0.2) is 48.8 Å². The van der Waals surface area contributed by atoms with Gasteiger partial charge in [-0.3, -0.25) is 0 Å². The Morgan fingerprint density at radius 2 is 1.82 bits per heavy atom. The van der Waals surface area contributed by atoms with E-state index in [1.54, 1.807) is 31.5 Å². The van der Waals surface area contributed by atoms with Crippen LogP contribution in [0.3, 0.4) is 0 Å². The molecule has 1 N–H and O–H groups in total. The zero-order valence-electron chi connectivity index (χ0n) is 15.4. The van der Waals surface area contributed by atoms with Crippen LogP contribution < -0.4 is 19.9 Å². The second-order valence-corrected chi connectivity index (χ2v) is 6.71. The van der Waals surface area contributed by atoms with E-state index in [0.29, 0.717) is 22.4 Å². The Morgan fingerprint density at radius 1 is 1.04 bits per heavy atom. The van der Waals surface area contributed by atoms with Crippen molar-refractivity contribution in [2.45, 2.75) is 0 Å². The molecule has 1 fully saturated rings. The molecule has 9 heteroatoms. The van der Waals surface area contributed by atoms with Crippen LogP contribution in [0.5, 0.6) is 5.75 Å². The summed E-state index contributed by atoms with van der Waals surface area (Å²) in [6.45, 7) is 3.39. The number of nitrogens with zero attached hydrogens (tertiary/aromatic N) is 6. The smallest absolute Gasteiger partial charge is 0.249 e. The Hall–Kier alpha value is -3.13. The molecule has 0 saturated carbocycles. The van der Waals surface area contributed by atoms with E-state index in [2.05, 4.69) is 35.3 Å². The number of benzene rings is 1. The summed E-state index contributed by atoms with van der Waals surface area (Å²) in [4.78, 5) is 13.5. The third kappa shape index (κ3) is 4.07. The molecule has 4 rings (SSSR count). The number of halogens is 1. The van der Waals surface area contributed by atoms with Crippen molar-refractivity contribution in [2.75, 3.05) is 48.4 Å². The highest BCUT2D eigenvalue weighted by Gasteiger charge is 2.20. The monoisotopic (exact) mass is 397 g/mol. The molecular formula is C19H20ClN7O. The van der Waals surface area contributed by atoms with Crippen LogP contribution >= 0.6 is 11.6 Å². The highest BCUT2D eigenvalue weighted by molar-refractivity contribution is 6.31. The van der Waals surface area contributed by atoms with Crippen LogP contribution in [0.1, 0.15) is 0 Å². The van der Waals surface area contributed by atoms with Crippen molar-refractivity contribution >= 4 is 34.9 Å². The Morgan fingerprint density at radius 3 is 2.54 bits per heavy atom. The Labute approximate surface area is 168 Å². The Kier molecular flexibility index (Phi) is 5.38. The standard InChI is InChI=1S/C19H20ClN7O/c1-28-16-6-5-14(20)12-15(16)23-19-24-18(13-22-25-19)27-10-8-26(9-11-27)17-4-2-3-7-21-17/h2-7,12-13H,8-11H2,1H3,(H,23,24,25). The molecule has 0 radical (unpaired) electrons. The fraction of sp³-hybridized carbons (Fsp3) is 0.263. The van der Waals surface area contributed by atoms with Crippen LogP contribution in [0.2, 0.25) is 5.02 Å². The summed E-state index contributed by atoms with van der Waals surface area (Å²) in [6.07, 6.45) is 3.49. The lowest BCUT2D eigenvalue weighted by Gasteiger charge is -2.35. The summed E-state index contributed by atoms with van der Waals surface area (Å²) >= 11 is 6.09. The molecule has 0 bridgehead atoms. The van der Waals surface area contributed by atoms with Crippen molar-refractivity contribution in [1.29, 1.82) is 0 Å². The molecule has 2 aromatic heterocycles. The predicted molar refractivity (Wildman–Crippen MR) is 110 cm³/mol. The molecule has 1 aliphatic rings. The lowest BCUT2D eigenvalue weighted by Crippen LogP contribution is -2.47. The minimum Gasteiger partial charge on any atom is -0.495 e. The molecule has 3 heterocycles. The van der Waals surface area contributed by atoms with Crippen molar-refractivity contribution in [3.63, 3.8) is 0 Å². The number of hydrogen-bond donors (Lipinski definition) is 1. The van der Waals surface area contributed by atoms with E-state index < -0.39 is 0 Å². The van der Waals surface area contributed by atoms with Crippen molar-refractivity contribution in [1.82, 2.24) is 20.2 Å². The molecule has 28 heavy (non-hydrogen) atoms. The predicted octanol–water partition coefficient (Wildman–Crippen LogP) is 3.00. The average molecular weight is 398 g/mol. The van der Waals surface area contributed by atoms with Gasteiger partial charge in [-0.1, -0.05) is 17.7 Å². The van der Waals surface area contributed by atoms with E-state index in [-0.39, 0.29) is 0 Å². The van der Waals surface area contributed by atoms with E-state index in [1.165, 1.54) is 0 Å². The maximum atomic E-state index is 6.09. The average Bonchev–Trinajstić information content (AvgIpc) is 2.75. The Bertz CT molecular complexity index is 933. The number of hydrogen-bond acceptors (Lipinski definition) is 8. The molecule has 0 amide bonds. The van der Waals surface area contributed by atoms with Gasteiger partial charge in [0, 0.05) is 37.4 Å². The third-order valence-corrected chi connectivity index (χ3v) is 4.77. The van der Waals surface area contributed by atoms with Gasteiger partial charge in [0.25, 0.3) is 0 Å². The van der Waals surface area contributed by atoms with E-state index in [9.17, 15) is 0 Å². The quantitative estimate of drug-likeness (QED) is 0.703. The van der Waals surface area contributed by atoms with Gasteiger partial charge in [0.1, 0.15) is 11.6 Å². The van der Waals surface area contributed by atoms with E-state index in [1.807, 2.05) is 24.4 Å². The second-order valence-electron chi connectivity index (χ2n) is 6.27. The molecule has 0 aliphatic carbocycles. The van der Waals surface area contributed by atoms with Gasteiger partial charge in [0.15, 0.2) is 5.82 Å². The molecular weight excluding hydrogens is 378 g/mol. The molecule has 1 aliphatic heterocycles. The topological polar surface area (TPSA) is 79.3 Å². The van der Waals surface area contributed by atoms with E-state index in [0.717, 1.165) is 37.8 Å². The number of aromatic nitrogens is 4. The lowest BCUT2D eigenvalue weighted by molar-refractivity contribution is 0.417. The molecule has 0 unspecified atom stereocenters. The van der Waals surface area contributed by atoms with Gasteiger partial charge in [0.05, 0.1) is 19.0 Å². The zero-order chi connectivity index (χ0) is 19.3. The van der Waals surface area contributed by atoms with Crippen molar-refractivity contribution in [3.8, 4) is 5.75 Å². The van der Waals surface area contributed by atoms with Gasteiger partial charge in [-0.05, 0) is 30.3 Å². The number of anilines is 4. The third-order valence-electron chi connectivity index (χ3n) is 4.53. The highest BCUT2D eigenvalue weighted by Crippen LogP contribution is 2.29. The molecule has 0 spiro atoms. The SMILES string of the molecule is COc1ccc(Cl)cc1Nc1nncc(N2CCN(c3ccccn3)CC2)n1. The number of piperazine rings is 1. The number of methoxy groups -OCH3 is 1. The summed E-state index contributed by atoms with van der Waals surface area (Å²) in [5.41, 5.74) is 0.689. The summed E-state index contributed by atoms with van der Waals surface area (Å²) in [7, 11) is 1.60. The summed E-state index contributed by atoms with van der Waals surface area (Å²) < 4.78 is 5.35. The van der Waals surface area contributed by atoms with Gasteiger partial charge < -0.3 is 19.9 Å². The number of pyridine rings is 1. The van der Waals surface area contributed by atoms with Gasteiger partial charge >= 0.3 is 0 Å². The van der Waals surface area contributed by atoms with Gasteiger partial charge in [0.2, 0.25) is 5.95 Å². The number of rotatable bonds is 5. The van der Waals surface area contributed by atoms with Crippen LogP contribution in [-0.4, -0.2) is 53.5 Å². The van der Waals surface area contributed by atoms with Gasteiger partial charge in [-0.2, -0.15) is 10.1 Å². The molecule has 144 valence electrons. The fourth-order valence-corrected chi connectivity index (χ4v) is 3.28. The minimum atomic E-state index is 0.394. The van der Waals surface area contributed by atoms with Crippen LogP contribution in [0.4, 0.5) is 23.3 Å². The van der Waals surface area contributed by atoms with Gasteiger partial charge in [-0.15, -0.1) is 5.10 Å². The summed E-state index contributed by atoms with van der Waals surface area (Å²) in [5.74, 6) is 2.82. The second kappa shape index (κ2) is 8.26. The largest absolute Gasteiger partial charge is 0.495 e. The number of nitrogens with one attached hydrogen (secondary N) is 1. The molecule has 0 atom stereocenters. The fourth-order valence-electron chi connectivity index (χ4n) is 3.10. The molecule has 3 aromatic rings. The number of ether oxygens (including phenoxy) is 1. The van der Waals surface area contributed by atoms with Crippen molar-refractivity contribution in [3.05, 3.63) is 53.8 Å². The van der Waals surface area contributed by atoms with Crippen LogP contribution in [0.25, 0.3) is 0 Å². The van der Waals surface area contributed by atoms with E-state index >= 15 is 0 Å². The normalized spacial score (nSPS) is 14.1. The van der Waals surface area contributed by atoms with Crippen LogP contribution in [-0.2, 0) is 0 Å². The first-order valence-electron chi connectivity index (χ1n) is 8.94. The molecule has 1 saturated heterocycles. The first kappa shape index (κ1) is 18.2.